The van der Waals surface area contributed by atoms with E-state index < -0.39 is 0 Å². The molecule has 0 saturated carbocycles. The number of hydrogen-bond donors (Lipinski definition) is 0. The van der Waals surface area contributed by atoms with Gasteiger partial charge in [0.1, 0.15) is 11.9 Å². The zero-order chi connectivity index (χ0) is 11.1. The lowest BCUT2D eigenvalue weighted by molar-refractivity contribution is 0.325. The standard InChI is InChI=1S/C13H14O2/c1-5-9-6-7-10(14-4)8-11(9)12-13(2,3)15-12/h1,6-8,12H,2-4H3. The van der Waals surface area contributed by atoms with Crippen molar-refractivity contribution in [1.82, 2.24) is 0 Å². The summed E-state index contributed by atoms with van der Waals surface area (Å²) in [5.74, 6) is 3.49. The van der Waals surface area contributed by atoms with Crippen molar-refractivity contribution in [3.63, 3.8) is 0 Å². The maximum Gasteiger partial charge on any atom is 0.119 e. The Kier molecular flexibility index (Phi) is 2.21. The van der Waals surface area contributed by atoms with Crippen molar-refractivity contribution in [2.75, 3.05) is 7.11 Å². The lowest BCUT2D eigenvalue weighted by atomic mass is 9.98. The number of ether oxygens (including phenoxy) is 2. The second kappa shape index (κ2) is 3.29. The molecule has 2 nitrogen and oxygen atoms in total. The Morgan fingerprint density at radius 3 is 2.60 bits per heavy atom. The summed E-state index contributed by atoms with van der Waals surface area (Å²) in [6.07, 6.45) is 5.55. The average molecular weight is 202 g/mol. The molecular weight excluding hydrogens is 188 g/mol. The summed E-state index contributed by atoms with van der Waals surface area (Å²) in [5, 5.41) is 0. The molecule has 0 radical (unpaired) electrons. The Bertz CT molecular complexity index is 427. The predicted molar refractivity (Wildman–Crippen MR) is 58.8 cm³/mol. The van der Waals surface area contributed by atoms with Gasteiger partial charge in [0.25, 0.3) is 0 Å². The predicted octanol–water partition coefficient (Wildman–Crippen LogP) is 2.53. The molecule has 0 N–H and O–H groups in total. The quantitative estimate of drug-likeness (QED) is 0.543. The summed E-state index contributed by atoms with van der Waals surface area (Å²) in [6.45, 7) is 4.11. The molecule has 0 bridgehead atoms. The fourth-order valence-electron chi connectivity index (χ4n) is 1.72. The maximum atomic E-state index is 5.58. The molecule has 1 fully saturated rings. The van der Waals surface area contributed by atoms with Gasteiger partial charge in [-0.1, -0.05) is 5.92 Å². The van der Waals surface area contributed by atoms with Crippen LogP contribution in [-0.2, 0) is 4.74 Å². The molecule has 2 heteroatoms. The highest BCUT2D eigenvalue weighted by atomic mass is 16.6. The second-order valence-electron chi connectivity index (χ2n) is 4.20. The number of methoxy groups -OCH3 is 1. The number of rotatable bonds is 2. The van der Waals surface area contributed by atoms with Crippen LogP contribution in [0, 0.1) is 12.3 Å². The van der Waals surface area contributed by atoms with Gasteiger partial charge in [-0.3, -0.25) is 0 Å². The molecule has 1 aliphatic rings. The fraction of sp³-hybridized carbons (Fsp3) is 0.385. The van der Waals surface area contributed by atoms with Crippen molar-refractivity contribution in [2.24, 2.45) is 0 Å². The summed E-state index contributed by atoms with van der Waals surface area (Å²) < 4.78 is 10.8. The zero-order valence-corrected chi connectivity index (χ0v) is 9.20. The summed E-state index contributed by atoms with van der Waals surface area (Å²) >= 11 is 0. The molecule has 1 aliphatic heterocycles. The molecule has 1 aromatic carbocycles. The van der Waals surface area contributed by atoms with E-state index in [1.165, 1.54) is 0 Å². The normalized spacial score (nSPS) is 21.9. The van der Waals surface area contributed by atoms with Gasteiger partial charge in [0, 0.05) is 11.1 Å². The third kappa shape index (κ3) is 1.71. The van der Waals surface area contributed by atoms with E-state index in [1.807, 2.05) is 18.2 Å². The lowest BCUT2D eigenvalue weighted by Gasteiger charge is -2.06. The minimum atomic E-state index is -0.0992. The maximum absolute atomic E-state index is 5.58. The third-order valence-electron chi connectivity index (χ3n) is 2.69. The first kappa shape index (κ1) is 10.1. The molecule has 15 heavy (non-hydrogen) atoms. The molecule has 0 aliphatic carbocycles. The summed E-state index contributed by atoms with van der Waals surface area (Å²) in [5.41, 5.74) is 1.83. The van der Waals surface area contributed by atoms with Crippen molar-refractivity contribution >= 4 is 0 Å². The van der Waals surface area contributed by atoms with Crippen LogP contribution in [0.25, 0.3) is 0 Å². The van der Waals surface area contributed by atoms with Crippen molar-refractivity contribution in [1.29, 1.82) is 0 Å². The van der Waals surface area contributed by atoms with E-state index in [9.17, 15) is 0 Å². The minimum absolute atomic E-state index is 0.0960. The molecule has 1 aromatic rings. The van der Waals surface area contributed by atoms with E-state index in [4.69, 9.17) is 15.9 Å². The first-order valence-electron chi connectivity index (χ1n) is 4.91. The summed E-state index contributed by atoms with van der Waals surface area (Å²) in [4.78, 5) is 0. The van der Waals surface area contributed by atoms with Gasteiger partial charge in [0.15, 0.2) is 0 Å². The van der Waals surface area contributed by atoms with Gasteiger partial charge in [-0.15, -0.1) is 6.42 Å². The van der Waals surface area contributed by atoms with Crippen LogP contribution in [0.15, 0.2) is 18.2 Å². The van der Waals surface area contributed by atoms with E-state index in [0.717, 1.165) is 16.9 Å². The van der Waals surface area contributed by atoms with Gasteiger partial charge in [0.05, 0.1) is 12.7 Å². The van der Waals surface area contributed by atoms with Gasteiger partial charge in [-0.05, 0) is 32.0 Å². The van der Waals surface area contributed by atoms with E-state index in [2.05, 4.69) is 19.8 Å². The van der Waals surface area contributed by atoms with Crippen LogP contribution in [-0.4, -0.2) is 12.7 Å². The number of hydrogen-bond acceptors (Lipinski definition) is 2. The fourth-order valence-corrected chi connectivity index (χ4v) is 1.72. The van der Waals surface area contributed by atoms with Gasteiger partial charge in [0.2, 0.25) is 0 Å². The molecule has 0 amide bonds. The number of terminal acetylenes is 1. The molecule has 0 spiro atoms. The van der Waals surface area contributed by atoms with Crippen LogP contribution in [0.5, 0.6) is 5.75 Å². The van der Waals surface area contributed by atoms with Gasteiger partial charge < -0.3 is 9.47 Å². The molecule has 0 aromatic heterocycles. The number of epoxide rings is 1. The topological polar surface area (TPSA) is 21.8 Å². The third-order valence-corrected chi connectivity index (χ3v) is 2.69. The monoisotopic (exact) mass is 202 g/mol. The van der Waals surface area contributed by atoms with Crippen molar-refractivity contribution in [3.05, 3.63) is 29.3 Å². The Hall–Kier alpha value is -1.46. The minimum Gasteiger partial charge on any atom is -0.497 e. The van der Waals surface area contributed by atoms with Crippen LogP contribution in [0.2, 0.25) is 0 Å². The van der Waals surface area contributed by atoms with E-state index in [1.54, 1.807) is 7.11 Å². The van der Waals surface area contributed by atoms with Gasteiger partial charge in [-0.25, -0.2) is 0 Å². The molecule has 78 valence electrons. The van der Waals surface area contributed by atoms with Crippen molar-refractivity contribution < 1.29 is 9.47 Å². The first-order valence-corrected chi connectivity index (χ1v) is 4.91. The van der Waals surface area contributed by atoms with E-state index in [-0.39, 0.29) is 11.7 Å². The Morgan fingerprint density at radius 2 is 2.13 bits per heavy atom. The van der Waals surface area contributed by atoms with Crippen molar-refractivity contribution in [3.8, 4) is 18.1 Å². The lowest BCUT2D eigenvalue weighted by Crippen LogP contribution is -2.00. The average Bonchev–Trinajstić information content (AvgIpc) is 2.86. The van der Waals surface area contributed by atoms with Gasteiger partial charge >= 0.3 is 0 Å². The van der Waals surface area contributed by atoms with Crippen LogP contribution >= 0.6 is 0 Å². The summed E-state index contributed by atoms with van der Waals surface area (Å²) in [7, 11) is 1.65. The van der Waals surface area contributed by atoms with Crippen LogP contribution in [0.4, 0.5) is 0 Å². The number of benzene rings is 1. The van der Waals surface area contributed by atoms with Crippen molar-refractivity contribution in [2.45, 2.75) is 25.6 Å². The summed E-state index contributed by atoms with van der Waals surface area (Å²) in [6, 6.07) is 5.72. The molecule has 2 rings (SSSR count). The highest BCUT2D eigenvalue weighted by molar-refractivity contribution is 5.47. The van der Waals surface area contributed by atoms with E-state index in [0.29, 0.717) is 0 Å². The van der Waals surface area contributed by atoms with Gasteiger partial charge in [-0.2, -0.15) is 0 Å². The first-order chi connectivity index (χ1) is 7.08. The zero-order valence-electron chi connectivity index (χ0n) is 9.20. The SMILES string of the molecule is C#Cc1ccc(OC)cc1C1OC1(C)C. The molecular formula is C13H14O2. The van der Waals surface area contributed by atoms with Crippen LogP contribution in [0.3, 0.4) is 0 Å². The molecule has 1 saturated heterocycles. The van der Waals surface area contributed by atoms with Crippen LogP contribution in [0.1, 0.15) is 31.1 Å². The molecule has 1 atom stereocenters. The smallest absolute Gasteiger partial charge is 0.119 e. The Labute approximate surface area is 90.2 Å². The van der Waals surface area contributed by atoms with Crippen LogP contribution < -0.4 is 4.74 Å². The molecule has 1 unspecified atom stereocenters. The largest absolute Gasteiger partial charge is 0.497 e. The Balaban J connectivity index is 2.41. The Morgan fingerprint density at radius 1 is 1.47 bits per heavy atom. The highest BCUT2D eigenvalue weighted by Crippen LogP contribution is 2.50. The second-order valence-corrected chi connectivity index (χ2v) is 4.20. The molecule has 1 heterocycles. The van der Waals surface area contributed by atoms with E-state index >= 15 is 0 Å². The highest BCUT2D eigenvalue weighted by Gasteiger charge is 2.49.